The van der Waals surface area contributed by atoms with Crippen molar-refractivity contribution in [2.45, 2.75) is 26.3 Å². The van der Waals surface area contributed by atoms with Crippen molar-refractivity contribution in [1.82, 2.24) is 4.72 Å². The Balaban J connectivity index is 2.85. The average molecular weight is 353 g/mol. The number of benzene rings is 1. The van der Waals surface area contributed by atoms with Gasteiger partial charge in [0.15, 0.2) is 0 Å². The van der Waals surface area contributed by atoms with Gasteiger partial charge >= 0.3 is 21.5 Å². The van der Waals surface area contributed by atoms with E-state index in [1.165, 1.54) is 12.1 Å². The van der Waals surface area contributed by atoms with Gasteiger partial charge in [-0.15, -0.1) is 0 Å². The van der Waals surface area contributed by atoms with E-state index in [0.717, 1.165) is 16.9 Å². The first-order chi connectivity index (χ1) is 10.2. The summed E-state index contributed by atoms with van der Waals surface area (Å²) in [5, 5.41) is 0. The number of alkyl halides is 3. The molecule has 0 aliphatic rings. The lowest BCUT2D eigenvalue weighted by Gasteiger charge is -2.16. The van der Waals surface area contributed by atoms with E-state index < -0.39 is 32.8 Å². The van der Waals surface area contributed by atoms with Crippen molar-refractivity contribution >= 4 is 21.9 Å². The molecule has 23 heavy (non-hydrogen) atoms. The summed E-state index contributed by atoms with van der Waals surface area (Å²) in [5.74, 6) is -1.93. The molecule has 128 valence electrons. The third kappa shape index (κ3) is 4.95. The number of esters is 1. The van der Waals surface area contributed by atoms with Crippen molar-refractivity contribution in [1.29, 1.82) is 0 Å². The maximum Gasteiger partial charge on any atom is 0.516 e. The summed E-state index contributed by atoms with van der Waals surface area (Å²) in [7, 11) is -5.78. The van der Waals surface area contributed by atoms with Crippen LogP contribution in [0.2, 0.25) is 0 Å². The van der Waals surface area contributed by atoms with Gasteiger partial charge in [-0.2, -0.15) is 21.6 Å². The lowest BCUT2D eigenvalue weighted by Crippen LogP contribution is -2.40. The maximum absolute atomic E-state index is 12.2. The highest BCUT2D eigenvalue weighted by molar-refractivity contribution is 7.90. The molecule has 0 atom stereocenters. The van der Waals surface area contributed by atoms with Gasteiger partial charge in [-0.25, -0.2) is 4.72 Å². The van der Waals surface area contributed by atoms with Crippen LogP contribution in [0.1, 0.15) is 31.1 Å². The Morgan fingerprint density at radius 3 is 1.91 bits per heavy atom. The van der Waals surface area contributed by atoms with Gasteiger partial charge in [-0.3, -0.25) is 9.59 Å². The predicted octanol–water partition coefficient (Wildman–Crippen LogP) is 2.22. The molecule has 1 rings (SSSR count). The number of carbonyl (C=O) groups is 2. The SMILES string of the molecule is CC(C)(C)C(=O)Oc1ccc(C(=O)NS(=O)(=O)C(F)(F)F)cc1. The number of carbonyl (C=O) groups excluding carboxylic acids is 2. The van der Waals surface area contributed by atoms with Crippen LogP contribution in [0.3, 0.4) is 0 Å². The van der Waals surface area contributed by atoms with Gasteiger partial charge in [-0.05, 0) is 45.0 Å². The van der Waals surface area contributed by atoms with E-state index in [-0.39, 0.29) is 11.3 Å². The van der Waals surface area contributed by atoms with Crippen molar-refractivity contribution in [2.24, 2.45) is 5.41 Å². The molecular weight excluding hydrogens is 339 g/mol. The van der Waals surface area contributed by atoms with Crippen LogP contribution < -0.4 is 9.46 Å². The Morgan fingerprint density at radius 1 is 1.04 bits per heavy atom. The first-order valence-corrected chi connectivity index (χ1v) is 7.68. The second-order valence-corrected chi connectivity index (χ2v) is 7.22. The molecule has 10 heteroatoms. The van der Waals surface area contributed by atoms with Crippen molar-refractivity contribution in [3.05, 3.63) is 29.8 Å². The van der Waals surface area contributed by atoms with Gasteiger partial charge in [0.1, 0.15) is 5.75 Å². The van der Waals surface area contributed by atoms with Crippen LogP contribution in [0.5, 0.6) is 5.75 Å². The highest BCUT2D eigenvalue weighted by atomic mass is 32.2. The largest absolute Gasteiger partial charge is 0.516 e. The number of ether oxygens (including phenoxy) is 1. The van der Waals surface area contributed by atoms with Gasteiger partial charge in [0.25, 0.3) is 5.91 Å². The Labute approximate surface area is 130 Å². The summed E-state index contributed by atoms with van der Waals surface area (Å²) in [6.45, 7) is 4.87. The molecular formula is C13H14F3NO5S. The number of nitrogens with one attached hydrogen (secondary N) is 1. The first kappa shape index (κ1) is 18.9. The van der Waals surface area contributed by atoms with Gasteiger partial charge in [-0.1, -0.05) is 0 Å². The number of amides is 1. The van der Waals surface area contributed by atoms with E-state index >= 15 is 0 Å². The van der Waals surface area contributed by atoms with Crippen LogP contribution in [0, 0.1) is 5.41 Å². The monoisotopic (exact) mass is 353 g/mol. The van der Waals surface area contributed by atoms with Crippen LogP contribution >= 0.6 is 0 Å². The van der Waals surface area contributed by atoms with Gasteiger partial charge < -0.3 is 4.74 Å². The van der Waals surface area contributed by atoms with E-state index in [2.05, 4.69) is 0 Å². The van der Waals surface area contributed by atoms with Crippen LogP contribution in [0.4, 0.5) is 13.2 Å². The number of rotatable bonds is 3. The first-order valence-electron chi connectivity index (χ1n) is 6.20. The number of halogens is 3. The number of hydrogen-bond donors (Lipinski definition) is 1. The summed E-state index contributed by atoms with van der Waals surface area (Å²) in [6, 6.07) is 4.40. The minimum absolute atomic E-state index is 0.0696. The number of sulfonamides is 1. The second kappa shape index (κ2) is 6.19. The molecule has 0 aliphatic carbocycles. The van der Waals surface area contributed by atoms with Crippen molar-refractivity contribution < 1.29 is 35.9 Å². The fourth-order valence-electron chi connectivity index (χ4n) is 1.17. The molecule has 0 aromatic heterocycles. The topological polar surface area (TPSA) is 89.5 Å². The summed E-state index contributed by atoms with van der Waals surface area (Å²) in [5.41, 5.74) is -6.70. The summed E-state index contributed by atoms with van der Waals surface area (Å²) < 4.78 is 64.1. The fourth-order valence-corrected chi connectivity index (χ4v) is 1.65. The normalized spacial score (nSPS) is 12.6. The third-order valence-electron chi connectivity index (χ3n) is 2.47. The molecule has 0 heterocycles. The Morgan fingerprint density at radius 2 is 1.52 bits per heavy atom. The van der Waals surface area contributed by atoms with E-state index in [1.54, 1.807) is 20.8 Å². The molecule has 0 unspecified atom stereocenters. The number of hydrogen-bond acceptors (Lipinski definition) is 5. The molecule has 0 aliphatic heterocycles. The van der Waals surface area contributed by atoms with E-state index in [4.69, 9.17) is 4.74 Å². The quantitative estimate of drug-likeness (QED) is 0.665. The van der Waals surface area contributed by atoms with Crippen LogP contribution in [0.15, 0.2) is 24.3 Å². The van der Waals surface area contributed by atoms with Gasteiger partial charge in [0.05, 0.1) is 5.41 Å². The van der Waals surface area contributed by atoms with E-state index in [1.807, 2.05) is 0 Å². The highest BCUT2D eigenvalue weighted by Crippen LogP contribution is 2.23. The molecule has 0 bridgehead atoms. The molecule has 1 aromatic carbocycles. The molecule has 0 saturated heterocycles. The Bertz CT molecular complexity index is 703. The zero-order valence-corrected chi connectivity index (χ0v) is 13.2. The lowest BCUT2D eigenvalue weighted by molar-refractivity contribution is -0.143. The van der Waals surface area contributed by atoms with Gasteiger partial charge in [0, 0.05) is 5.56 Å². The predicted molar refractivity (Wildman–Crippen MR) is 74.0 cm³/mol. The van der Waals surface area contributed by atoms with Crippen molar-refractivity contribution in [3.63, 3.8) is 0 Å². The zero-order chi connectivity index (χ0) is 18.1. The van der Waals surface area contributed by atoms with E-state index in [9.17, 15) is 31.2 Å². The average Bonchev–Trinajstić information content (AvgIpc) is 2.36. The Hall–Kier alpha value is -2.10. The van der Waals surface area contributed by atoms with Crippen molar-refractivity contribution in [2.75, 3.05) is 0 Å². The fraction of sp³-hybridized carbons (Fsp3) is 0.385. The van der Waals surface area contributed by atoms with Gasteiger partial charge in [0.2, 0.25) is 0 Å². The van der Waals surface area contributed by atoms with E-state index in [0.29, 0.717) is 0 Å². The van der Waals surface area contributed by atoms with Crippen molar-refractivity contribution in [3.8, 4) is 5.75 Å². The van der Waals surface area contributed by atoms with Crippen LogP contribution in [-0.2, 0) is 14.8 Å². The summed E-state index contributed by atoms with van der Waals surface area (Å²) >= 11 is 0. The third-order valence-corrected chi connectivity index (χ3v) is 3.53. The Kier molecular flexibility index (Phi) is 5.10. The smallest absolute Gasteiger partial charge is 0.426 e. The molecule has 1 N–H and O–H groups in total. The summed E-state index contributed by atoms with van der Waals surface area (Å²) in [6.07, 6.45) is 0. The lowest BCUT2D eigenvalue weighted by atomic mass is 9.97. The molecule has 0 spiro atoms. The molecule has 0 radical (unpaired) electrons. The molecule has 0 saturated carbocycles. The molecule has 1 aromatic rings. The summed E-state index contributed by atoms with van der Waals surface area (Å²) in [4.78, 5) is 23.1. The minimum Gasteiger partial charge on any atom is -0.426 e. The molecule has 6 nitrogen and oxygen atoms in total. The highest BCUT2D eigenvalue weighted by Gasteiger charge is 2.47. The standard InChI is InChI=1S/C13H14F3NO5S/c1-12(2,3)11(19)22-9-6-4-8(5-7-9)10(18)17-23(20,21)13(14,15)16/h4-7H,1-3H3,(H,17,18). The maximum atomic E-state index is 12.2. The molecule has 1 amide bonds. The minimum atomic E-state index is -5.78. The zero-order valence-electron chi connectivity index (χ0n) is 12.4. The van der Waals surface area contributed by atoms with Crippen LogP contribution in [0.25, 0.3) is 0 Å². The van der Waals surface area contributed by atoms with Crippen LogP contribution in [-0.4, -0.2) is 25.8 Å². The molecule has 0 fully saturated rings. The second-order valence-electron chi connectivity index (χ2n) is 5.54.